The molecule has 0 spiro atoms. The summed E-state index contributed by atoms with van der Waals surface area (Å²) in [6.45, 7) is 7.18. The van der Waals surface area contributed by atoms with Crippen molar-refractivity contribution >= 4 is 32.3 Å². The maximum absolute atomic E-state index is 14.9. The number of nitriles is 1. The lowest BCUT2D eigenvalue weighted by molar-refractivity contribution is 0.124. The number of benzene rings is 3. The zero-order valence-electron chi connectivity index (χ0n) is 25.8. The fourth-order valence-corrected chi connectivity index (χ4v) is 8.79. The summed E-state index contributed by atoms with van der Waals surface area (Å²) >= 11 is 0. The van der Waals surface area contributed by atoms with Gasteiger partial charge >= 0.3 is 0 Å². The van der Waals surface area contributed by atoms with Gasteiger partial charge in [0.2, 0.25) is 0 Å². The molecule has 232 valence electrons. The van der Waals surface area contributed by atoms with Crippen molar-refractivity contribution in [2.75, 3.05) is 48.5 Å². The van der Waals surface area contributed by atoms with Crippen LogP contribution in [0.5, 0.6) is 5.75 Å². The zero-order valence-corrected chi connectivity index (χ0v) is 26.6. The average Bonchev–Trinajstić information content (AvgIpc) is 3.45. The van der Waals surface area contributed by atoms with Gasteiger partial charge in [0.15, 0.2) is 0 Å². The molecule has 2 aliphatic rings. The smallest absolute Gasteiger partial charge is 0.266 e. The highest BCUT2D eigenvalue weighted by Crippen LogP contribution is 2.52. The van der Waals surface area contributed by atoms with Gasteiger partial charge in [-0.3, -0.25) is 19.2 Å². The van der Waals surface area contributed by atoms with Crippen LogP contribution in [-0.2, 0) is 15.6 Å². The first-order chi connectivity index (χ1) is 22.4. The third-order valence-corrected chi connectivity index (χ3v) is 10.8. The Morgan fingerprint density at radius 1 is 0.913 bits per heavy atom. The summed E-state index contributed by atoms with van der Waals surface area (Å²) < 4.78 is 37.6. The van der Waals surface area contributed by atoms with Gasteiger partial charge in [0.1, 0.15) is 10.6 Å². The van der Waals surface area contributed by atoms with Crippen LogP contribution in [0.1, 0.15) is 29.2 Å². The summed E-state index contributed by atoms with van der Waals surface area (Å²) in [7, 11) is -4.11. The van der Waals surface area contributed by atoms with E-state index >= 15 is 0 Å². The third kappa shape index (κ3) is 4.83. The Hall–Kier alpha value is -4.98. The van der Waals surface area contributed by atoms with E-state index in [0.717, 1.165) is 40.9 Å². The fraction of sp³-hybridized carbons (Fsp3) is 0.250. The van der Waals surface area contributed by atoms with Gasteiger partial charge in [-0.25, -0.2) is 8.42 Å². The topological polar surface area (TPSA) is 103 Å². The maximum Gasteiger partial charge on any atom is 0.266 e. The van der Waals surface area contributed by atoms with E-state index in [0.29, 0.717) is 42.2 Å². The Kier molecular flexibility index (Phi) is 7.59. The molecule has 2 aliphatic heterocycles. The van der Waals surface area contributed by atoms with Crippen LogP contribution in [0.25, 0.3) is 10.9 Å². The fourth-order valence-electron chi connectivity index (χ4n) is 7.03. The third-order valence-electron chi connectivity index (χ3n) is 9.07. The van der Waals surface area contributed by atoms with E-state index in [2.05, 4.69) is 25.8 Å². The van der Waals surface area contributed by atoms with E-state index in [-0.39, 0.29) is 11.4 Å². The summed E-state index contributed by atoms with van der Waals surface area (Å²) in [5, 5.41) is 10.8. The number of fused-ring (bicyclic) bond motifs is 2. The molecule has 0 bridgehead atoms. The highest BCUT2D eigenvalue weighted by atomic mass is 32.2. The first kappa shape index (κ1) is 29.7. The second-order valence-electron chi connectivity index (χ2n) is 11.7. The second kappa shape index (κ2) is 11.7. The molecule has 7 rings (SSSR count). The molecule has 0 saturated carbocycles. The summed E-state index contributed by atoms with van der Waals surface area (Å²) in [5.74, 6) is 0.691. The predicted octanol–water partition coefficient (Wildman–Crippen LogP) is 5.48. The molecular formula is C36H34N6O3S. The molecule has 2 aromatic heterocycles. The lowest BCUT2D eigenvalue weighted by atomic mass is 9.81. The minimum absolute atomic E-state index is 0.112. The van der Waals surface area contributed by atoms with E-state index < -0.39 is 15.6 Å². The summed E-state index contributed by atoms with van der Waals surface area (Å²) in [5.41, 5.74) is 4.08. The van der Waals surface area contributed by atoms with Gasteiger partial charge in [-0.15, -0.1) is 0 Å². The predicted molar refractivity (Wildman–Crippen MR) is 179 cm³/mol. The number of ether oxygens (including phenoxy) is 1. The monoisotopic (exact) mass is 630 g/mol. The number of aromatic nitrogens is 2. The van der Waals surface area contributed by atoms with Crippen LogP contribution in [0.4, 0.5) is 11.4 Å². The van der Waals surface area contributed by atoms with Gasteiger partial charge in [-0.2, -0.15) is 5.26 Å². The molecule has 1 atom stereocenters. The highest BCUT2D eigenvalue weighted by molar-refractivity contribution is 7.93. The van der Waals surface area contributed by atoms with Crippen LogP contribution < -0.4 is 13.9 Å². The molecule has 0 N–H and O–H groups in total. The highest BCUT2D eigenvalue weighted by Gasteiger charge is 2.53. The SMILES string of the molecule is CCOc1ccccc1C1(N2CCN(c3ccncc3)CC2)CN(S(=O)(=O)c2cc(C)cc3cccnc23)c2ccc(C#N)cc21. The summed E-state index contributed by atoms with van der Waals surface area (Å²) in [6, 6.07) is 26.9. The molecule has 46 heavy (non-hydrogen) atoms. The molecule has 3 aromatic carbocycles. The van der Waals surface area contributed by atoms with Crippen molar-refractivity contribution in [2.24, 2.45) is 0 Å². The number of para-hydroxylation sites is 1. The van der Waals surface area contributed by atoms with Gasteiger partial charge in [0.05, 0.1) is 41.5 Å². The van der Waals surface area contributed by atoms with E-state index in [4.69, 9.17) is 4.74 Å². The van der Waals surface area contributed by atoms with E-state index in [9.17, 15) is 13.7 Å². The number of piperazine rings is 1. The molecule has 9 nitrogen and oxygen atoms in total. The Morgan fingerprint density at radius 2 is 1.70 bits per heavy atom. The number of aryl methyl sites for hydroxylation is 1. The molecular weight excluding hydrogens is 597 g/mol. The summed E-state index contributed by atoms with van der Waals surface area (Å²) in [6.07, 6.45) is 5.22. The number of pyridine rings is 2. The van der Waals surface area contributed by atoms with Gasteiger partial charge in [0.25, 0.3) is 10.0 Å². The number of rotatable bonds is 7. The Morgan fingerprint density at radius 3 is 2.46 bits per heavy atom. The van der Waals surface area contributed by atoms with Crippen molar-refractivity contribution in [1.29, 1.82) is 5.26 Å². The number of sulfonamides is 1. The van der Waals surface area contributed by atoms with E-state index in [1.54, 1.807) is 36.8 Å². The number of hydrogen-bond acceptors (Lipinski definition) is 8. The quantitative estimate of drug-likeness (QED) is 0.233. The van der Waals surface area contributed by atoms with Crippen LogP contribution in [0, 0.1) is 18.3 Å². The van der Waals surface area contributed by atoms with Crippen molar-refractivity contribution in [3.63, 3.8) is 0 Å². The van der Waals surface area contributed by atoms with Crippen molar-refractivity contribution < 1.29 is 13.2 Å². The van der Waals surface area contributed by atoms with Gasteiger partial charge in [-0.05, 0) is 74.0 Å². The van der Waals surface area contributed by atoms with Crippen molar-refractivity contribution in [2.45, 2.75) is 24.3 Å². The lowest BCUT2D eigenvalue weighted by Gasteiger charge is -2.47. The molecule has 0 amide bonds. The molecule has 0 radical (unpaired) electrons. The second-order valence-corrected chi connectivity index (χ2v) is 13.5. The lowest BCUT2D eigenvalue weighted by Crippen LogP contribution is -2.58. The molecule has 1 fully saturated rings. The normalized spacial score (nSPS) is 18.4. The van der Waals surface area contributed by atoms with Gasteiger partial charge in [0, 0.05) is 67.0 Å². The van der Waals surface area contributed by atoms with Crippen molar-refractivity contribution in [3.8, 4) is 11.8 Å². The molecule has 1 unspecified atom stereocenters. The number of anilines is 2. The summed E-state index contributed by atoms with van der Waals surface area (Å²) in [4.78, 5) is 13.5. The van der Waals surface area contributed by atoms with E-state index in [1.165, 1.54) is 4.31 Å². The Labute approximate surface area is 269 Å². The first-order valence-electron chi connectivity index (χ1n) is 15.4. The molecule has 1 saturated heterocycles. The number of nitrogens with zero attached hydrogens (tertiary/aromatic N) is 6. The zero-order chi connectivity index (χ0) is 31.9. The van der Waals surface area contributed by atoms with Crippen molar-refractivity contribution in [1.82, 2.24) is 14.9 Å². The van der Waals surface area contributed by atoms with Gasteiger partial charge in [-0.1, -0.05) is 24.3 Å². The Bertz CT molecular complexity index is 2070. The minimum Gasteiger partial charge on any atom is -0.494 e. The first-order valence-corrected chi connectivity index (χ1v) is 16.9. The average molecular weight is 631 g/mol. The van der Waals surface area contributed by atoms with Crippen LogP contribution >= 0.6 is 0 Å². The van der Waals surface area contributed by atoms with E-state index in [1.807, 2.05) is 74.5 Å². The molecule has 0 aliphatic carbocycles. The van der Waals surface area contributed by atoms with Crippen LogP contribution in [0.15, 0.2) is 102 Å². The maximum atomic E-state index is 14.9. The van der Waals surface area contributed by atoms with Crippen LogP contribution in [0.3, 0.4) is 0 Å². The van der Waals surface area contributed by atoms with Crippen molar-refractivity contribution in [3.05, 3.63) is 120 Å². The minimum atomic E-state index is -4.11. The largest absolute Gasteiger partial charge is 0.494 e. The molecule has 4 heterocycles. The molecule has 5 aromatic rings. The van der Waals surface area contributed by atoms with Crippen LogP contribution in [-0.4, -0.2) is 62.6 Å². The Balaban J connectivity index is 1.43. The van der Waals surface area contributed by atoms with Gasteiger partial charge < -0.3 is 9.64 Å². The standard InChI is InChI=1S/C36H34N6O3S/c1-3-45-33-9-5-4-8-30(33)36(41-19-17-40(18-20-41)29-12-15-38-16-13-29)25-42(32-11-10-27(24-37)23-31(32)36)46(43,44)34-22-26(2)21-28-7-6-14-39-35(28)34/h4-16,21-23H,3,17-20,25H2,1-2H3. The van der Waals surface area contributed by atoms with Crippen LogP contribution in [0.2, 0.25) is 0 Å². The number of hydrogen-bond donors (Lipinski definition) is 0. The molecule has 10 heteroatoms.